The van der Waals surface area contributed by atoms with Gasteiger partial charge in [0, 0.05) is 37.8 Å². The number of carbonyl (C=O) groups excluding carboxylic acids is 1. The van der Waals surface area contributed by atoms with Crippen molar-refractivity contribution in [2.45, 2.75) is 19.3 Å². The second-order valence-electron chi connectivity index (χ2n) is 5.70. The van der Waals surface area contributed by atoms with E-state index in [1.807, 2.05) is 24.1 Å². The third-order valence-corrected chi connectivity index (χ3v) is 4.82. The number of hydrogen-bond acceptors (Lipinski definition) is 3. The zero-order valence-corrected chi connectivity index (χ0v) is 15.3. The van der Waals surface area contributed by atoms with Crippen LogP contribution in [0.1, 0.15) is 18.4 Å². The summed E-state index contributed by atoms with van der Waals surface area (Å²) < 4.78 is 6.44. The van der Waals surface area contributed by atoms with Crippen LogP contribution in [0.15, 0.2) is 28.7 Å². The molecule has 4 nitrogen and oxygen atoms in total. The molecule has 1 amide bonds. The molecule has 124 valence electrons. The maximum atomic E-state index is 12.7. The molecule has 0 aliphatic carbocycles. The van der Waals surface area contributed by atoms with Crippen LogP contribution in [0.5, 0.6) is 0 Å². The Labute approximate surface area is 146 Å². The van der Waals surface area contributed by atoms with Crippen LogP contribution >= 0.6 is 28.3 Å². The lowest BCUT2D eigenvalue weighted by molar-refractivity contribution is -0.145. The molecule has 0 saturated carbocycles. The molecule has 2 rings (SSSR count). The van der Waals surface area contributed by atoms with Gasteiger partial charge in [0.15, 0.2) is 0 Å². The molecule has 1 aromatic carbocycles. The summed E-state index contributed by atoms with van der Waals surface area (Å²) in [6.07, 6.45) is 2.31. The van der Waals surface area contributed by atoms with Gasteiger partial charge in [-0.05, 0) is 37.0 Å². The quantitative estimate of drug-likeness (QED) is 0.839. The van der Waals surface area contributed by atoms with Crippen LogP contribution in [0.4, 0.5) is 0 Å². The van der Waals surface area contributed by atoms with Gasteiger partial charge in [0.25, 0.3) is 0 Å². The smallest absolute Gasteiger partial charge is 0.229 e. The molecule has 0 aromatic heterocycles. The highest BCUT2D eigenvalue weighted by atomic mass is 79.9. The Bertz CT molecular complexity index is 476. The summed E-state index contributed by atoms with van der Waals surface area (Å²) in [6.45, 7) is 2.37. The molecule has 0 atom stereocenters. The van der Waals surface area contributed by atoms with E-state index in [1.165, 1.54) is 5.56 Å². The minimum Gasteiger partial charge on any atom is -0.381 e. The molecule has 2 N–H and O–H groups in total. The summed E-state index contributed by atoms with van der Waals surface area (Å²) in [5, 5.41) is 0. The van der Waals surface area contributed by atoms with Crippen molar-refractivity contribution in [2.75, 3.05) is 33.4 Å². The number of amides is 1. The molecule has 0 bridgehead atoms. The normalized spacial score (nSPS) is 16.7. The van der Waals surface area contributed by atoms with Gasteiger partial charge in [-0.15, -0.1) is 12.4 Å². The average molecular weight is 392 g/mol. The van der Waals surface area contributed by atoms with Crippen molar-refractivity contribution in [1.82, 2.24) is 4.90 Å². The monoisotopic (exact) mass is 390 g/mol. The topological polar surface area (TPSA) is 55.6 Å². The van der Waals surface area contributed by atoms with Gasteiger partial charge >= 0.3 is 0 Å². The van der Waals surface area contributed by atoms with Crippen molar-refractivity contribution in [3.8, 4) is 0 Å². The van der Waals surface area contributed by atoms with Crippen molar-refractivity contribution in [3.05, 3.63) is 34.3 Å². The molecular formula is C16H24BrClN2O2. The molecule has 1 heterocycles. The highest BCUT2D eigenvalue weighted by molar-refractivity contribution is 9.10. The SMILES string of the molecule is CN(CCc1ccc(Br)cc1)C(=O)C1(CN)CCOCC1.Cl. The zero-order valence-electron chi connectivity index (χ0n) is 12.9. The first-order valence-corrected chi connectivity index (χ1v) is 8.14. The molecule has 6 heteroatoms. The maximum Gasteiger partial charge on any atom is 0.229 e. The summed E-state index contributed by atoms with van der Waals surface area (Å²) in [6, 6.07) is 8.21. The highest BCUT2D eigenvalue weighted by Crippen LogP contribution is 2.31. The predicted octanol–water partition coefficient (Wildman–Crippen LogP) is 2.63. The Morgan fingerprint density at radius 1 is 1.32 bits per heavy atom. The largest absolute Gasteiger partial charge is 0.381 e. The summed E-state index contributed by atoms with van der Waals surface area (Å²) in [4.78, 5) is 14.5. The molecule has 1 aliphatic heterocycles. The number of likely N-dealkylation sites (N-methyl/N-ethyl adjacent to an activating group) is 1. The summed E-state index contributed by atoms with van der Waals surface area (Å²) in [5.74, 6) is 0.158. The molecule has 1 saturated heterocycles. The first-order valence-electron chi connectivity index (χ1n) is 7.35. The van der Waals surface area contributed by atoms with Crippen LogP contribution in [-0.2, 0) is 16.0 Å². The minimum absolute atomic E-state index is 0. The van der Waals surface area contributed by atoms with Gasteiger partial charge in [0.2, 0.25) is 5.91 Å². The lowest BCUT2D eigenvalue weighted by Crippen LogP contribution is -2.50. The van der Waals surface area contributed by atoms with E-state index in [1.54, 1.807) is 0 Å². The van der Waals surface area contributed by atoms with Gasteiger partial charge in [-0.2, -0.15) is 0 Å². The van der Waals surface area contributed by atoms with E-state index in [0.717, 1.165) is 23.7 Å². The van der Waals surface area contributed by atoms with Crippen LogP contribution < -0.4 is 5.73 Å². The van der Waals surface area contributed by atoms with Crippen LogP contribution in [0, 0.1) is 5.41 Å². The minimum atomic E-state index is -0.424. The molecule has 1 aliphatic rings. The van der Waals surface area contributed by atoms with E-state index in [-0.39, 0.29) is 18.3 Å². The fraction of sp³-hybridized carbons (Fsp3) is 0.562. The first kappa shape index (κ1) is 19.4. The number of benzene rings is 1. The number of carbonyl (C=O) groups is 1. The second kappa shape index (κ2) is 8.87. The lowest BCUT2D eigenvalue weighted by Gasteiger charge is -2.37. The van der Waals surface area contributed by atoms with Crippen LogP contribution in [0.3, 0.4) is 0 Å². The number of halogens is 2. The van der Waals surface area contributed by atoms with E-state index < -0.39 is 5.41 Å². The Balaban J connectivity index is 0.00000242. The van der Waals surface area contributed by atoms with E-state index in [0.29, 0.717) is 26.3 Å². The molecule has 0 radical (unpaired) electrons. The number of hydrogen-bond donors (Lipinski definition) is 1. The fourth-order valence-corrected chi connectivity index (χ4v) is 2.99. The third-order valence-electron chi connectivity index (χ3n) is 4.29. The first-order chi connectivity index (χ1) is 10.1. The van der Waals surface area contributed by atoms with Gasteiger partial charge in [-0.1, -0.05) is 28.1 Å². The van der Waals surface area contributed by atoms with E-state index in [4.69, 9.17) is 10.5 Å². The average Bonchev–Trinajstić information content (AvgIpc) is 2.54. The Kier molecular flexibility index (Phi) is 7.83. The van der Waals surface area contributed by atoms with Crippen molar-refractivity contribution < 1.29 is 9.53 Å². The number of nitrogens with two attached hydrogens (primary N) is 1. The molecule has 1 fully saturated rings. The van der Waals surface area contributed by atoms with Crippen molar-refractivity contribution in [3.63, 3.8) is 0 Å². The predicted molar refractivity (Wildman–Crippen MR) is 94.3 cm³/mol. The maximum absolute atomic E-state index is 12.7. The lowest BCUT2D eigenvalue weighted by atomic mass is 9.79. The van der Waals surface area contributed by atoms with Crippen LogP contribution in [0.25, 0.3) is 0 Å². The van der Waals surface area contributed by atoms with Gasteiger partial charge in [-0.25, -0.2) is 0 Å². The number of rotatable bonds is 5. The molecule has 0 unspecified atom stereocenters. The van der Waals surface area contributed by atoms with Gasteiger partial charge in [0.05, 0.1) is 5.41 Å². The molecular weight excluding hydrogens is 368 g/mol. The summed E-state index contributed by atoms with van der Waals surface area (Å²) >= 11 is 3.43. The highest BCUT2D eigenvalue weighted by Gasteiger charge is 2.40. The van der Waals surface area contributed by atoms with Crippen molar-refractivity contribution >= 4 is 34.2 Å². The van der Waals surface area contributed by atoms with E-state index in [9.17, 15) is 4.79 Å². The Hall–Kier alpha value is -0.620. The van der Waals surface area contributed by atoms with E-state index in [2.05, 4.69) is 28.1 Å². The Morgan fingerprint density at radius 3 is 2.45 bits per heavy atom. The Morgan fingerprint density at radius 2 is 1.91 bits per heavy atom. The van der Waals surface area contributed by atoms with Gasteiger partial charge in [-0.3, -0.25) is 4.79 Å². The van der Waals surface area contributed by atoms with Crippen LogP contribution in [0.2, 0.25) is 0 Å². The fourth-order valence-electron chi connectivity index (χ4n) is 2.72. The molecule has 1 aromatic rings. The number of nitrogens with zero attached hydrogens (tertiary/aromatic N) is 1. The molecule has 0 spiro atoms. The van der Waals surface area contributed by atoms with Crippen LogP contribution in [-0.4, -0.2) is 44.2 Å². The van der Waals surface area contributed by atoms with Crippen molar-refractivity contribution in [1.29, 1.82) is 0 Å². The summed E-state index contributed by atoms with van der Waals surface area (Å²) in [7, 11) is 1.87. The van der Waals surface area contributed by atoms with Gasteiger partial charge < -0.3 is 15.4 Å². The zero-order chi connectivity index (χ0) is 15.3. The number of ether oxygens (including phenoxy) is 1. The second-order valence-corrected chi connectivity index (χ2v) is 6.62. The van der Waals surface area contributed by atoms with E-state index >= 15 is 0 Å². The standard InChI is InChI=1S/C16H23BrN2O2.ClH/c1-19(9-6-13-2-4-14(17)5-3-13)15(20)16(12-18)7-10-21-11-8-16;/h2-5H,6-12,18H2,1H3;1H. The third kappa shape index (κ3) is 4.69. The van der Waals surface area contributed by atoms with Crippen molar-refractivity contribution in [2.24, 2.45) is 11.1 Å². The molecule has 22 heavy (non-hydrogen) atoms. The summed E-state index contributed by atoms with van der Waals surface area (Å²) in [5.41, 5.74) is 6.70. The van der Waals surface area contributed by atoms with Gasteiger partial charge in [0.1, 0.15) is 0 Å².